The van der Waals surface area contributed by atoms with E-state index < -0.39 is 0 Å². The van der Waals surface area contributed by atoms with Crippen molar-refractivity contribution in [3.05, 3.63) is 7.05 Å². The molecule has 1 radical (unpaired) electrons. The van der Waals surface area contributed by atoms with Gasteiger partial charge in [-0.25, -0.2) is 0 Å². The van der Waals surface area contributed by atoms with E-state index in [2.05, 4.69) is 12.4 Å². The molecule has 0 aromatic carbocycles. The number of aliphatic hydroxyl groups excluding tert-OH is 1. The SMILES string of the molecule is [CH2]NCCOCCOCCOCCOCCO. The quantitative estimate of drug-likeness (QED) is 0.402. The van der Waals surface area contributed by atoms with Crippen LogP contribution in [-0.2, 0) is 18.9 Å². The van der Waals surface area contributed by atoms with Gasteiger partial charge in [-0.2, -0.15) is 0 Å². The summed E-state index contributed by atoms with van der Waals surface area (Å²) in [5, 5.41) is 11.2. The van der Waals surface area contributed by atoms with Crippen LogP contribution in [0.1, 0.15) is 0 Å². The van der Waals surface area contributed by atoms with E-state index in [1.165, 1.54) is 0 Å². The zero-order valence-corrected chi connectivity index (χ0v) is 10.4. The van der Waals surface area contributed by atoms with Crippen LogP contribution in [0.5, 0.6) is 0 Å². The standard InChI is InChI=1S/C11H24NO5/c1-12-2-4-14-6-8-16-10-11-17-9-7-15-5-3-13/h12-13H,1-11H2. The summed E-state index contributed by atoms with van der Waals surface area (Å²) in [6.45, 7) is 5.08. The van der Waals surface area contributed by atoms with Crippen molar-refractivity contribution in [3.63, 3.8) is 0 Å². The molecule has 0 amide bonds. The summed E-state index contributed by atoms with van der Waals surface area (Å²) in [5.74, 6) is 0. The Hall–Kier alpha value is -0.240. The monoisotopic (exact) mass is 250 g/mol. The molecule has 6 heteroatoms. The van der Waals surface area contributed by atoms with Crippen LogP contribution < -0.4 is 5.32 Å². The van der Waals surface area contributed by atoms with Gasteiger partial charge in [0.1, 0.15) is 0 Å². The number of hydrogen-bond donors (Lipinski definition) is 2. The zero-order valence-electron chi connectivity index (χ0n) is 10.4. The van der Waals surface area contributed by atoms with Crippen molar-refractivity contribution in [1.29, 1.82) is 0 Å². The van der Waals surface area contributed by atoms with Crippen LogP contribution in [0.4, 0.5) is 0 Å². The first-order chi connectivity index (χ1) is 8.41. The summed E-state index contributed by atoms with van der Waals surface area (Å²) in [6.07, 6.45) is 0. The predicted molar refractivity (Wildman–Crippen MR) is 63.7 cm³/mol. The number of hydrogen-bond acceptors (Lipinski definition) is 6. The zero-order chi connectivity index (χ0) is 12.6. The highest BCUT2D eigenvalue weighted by molar-refractivity contribution is 4.40. The second-order valence-corrected chi connectivity index (χ2v) is 3.17. The van der Waals surface area contributed by atoms with Gasteiger partial charge >= 0.3 is 0 Å². The topological polar surface area (TPSA) is 69.2 Å². The fourth-order valence-electron chi connectivity index (χ4n) is 0.971. The Kier molecular flexibility index (Phi) is 15.5. The molecule has 0 aliphatic carbocycles. The molecule has 0 aliphatic heterocycles. The third-order valence-corrected chi connectivity index (χ3v) is 1.77. The summed E-state index contributed by atoms with van der Waals surface area (Å²) >= 11 is 0. The van der Waals surface area contributed by atoms with Crippen molar-refractivity contribution in [1.82, 2.24) is 5.32 Å². The van der Waals surface area contributed by atoms with Crippen molar-refractivity contribution in [2.45, 2.75) is 0 Å². The molecule has 0 heterocycles. The van der Waals surface area contributed by atoms with Gasteiger partial charge in [0.05, 0.1) is 59.5 Å². The molecule has 0 rings (SSSR count). The van der Waals surface area contributed by atoms with E-state index in [-0.39, 0.29) is 6.61 Å². The number of ether oxygens (including phenoxy) is 4. The maximum atomic E-state index is 8.44. The van der Waals surface area contributed by atoms with Crippen molar-refractivity contribution >= 4 is 0 Å². The van der Waals surface area contributed by atoms with E-state index in [4.69, 9.17) is 24.1 Å². The third-order valence-electron chi connectivity index (χ3n) is 1.77. The number of nitrogens with one attached hydrogen (secondary N) is 1. The molecular formula is C11H24NO5. The lowest BCUT2D eigenvalue weighted by Gasteiger charge is -2.06. The molecule has 0 bridgehead atoms. The summed E-state index contributed by atoms with van der Waals surface area (Å²) in [7, 11) is 3.48. The number of aliphatic hydroxyl groups is 1. The third kappa shape index (κ3) is 15.8. The van der Waals surface area contributed by atoms with E-state index in [0.29, 0.717) is 52.9 Å². The van der Waals surface area contributed by atoms with E-state index in [9.17, 15) is 0 Å². The molecule has 0 aliphatic rings. The van der Waals surface area contributed by atoms with E-state index >= 15 is 0 Å². The molecule has 103 valence electrons. The van der Waals surface area contributed by atoms with Gasteiger partial charge in [-0.05, 0) is 0 Å². The maximum Gasteiger partial charge on any atom is 0.0701 e. The summed E-state index contributed by atoms with van der Waals surface area (Å²) in [5.41, 5.74) is 0. The highest BCUT2D eigenvalue weighted by Crippen LogP contribution is 1.82. The summed E-state index contributed by atoms with van der Waals surface area (Å²) in [4.78, 5) is 0. The van der Waals surface area contributed by atoms with Crippen molar-refractivity contribution in [2.75, 3.05) is 66.0 Å². The predicted octanol–water partition coefficient (Wildman–Crippen LogP) is -0.574. The first kappa shape index (κ1) is 16.8. The lowest BCUT2D eigenvalue weighted by atomic mass is 10.6. The van der Waals surface area contributed by atoms with Gasteiger partial charge in [0.25, 0.3) is 0 Å². The van der Waals surface area contributed by atoms with Gasteiger partial charge < -0.3 is 29.4 Å². The molecule has 0 saturated carbocycles. The van der Waals surface area contributed by atoms with Crippen LogP contribution in [-0.4, -0.2) is 71.1 Å². The molecule has 0 saturated heterocycles. The molecule has 0 atom stereocenters. The normalized spacial score (nSPS) is 10.9. The molecule has 0 aromatic heterocycles. The van der Waals surface area contributed by atoms with Crippen molar-refractivity contribution in [2.24, 2.45) is 0 Å². The molecular weight excluding hydrogens is 226 g/mol. The smallest absolute Gasteiger partial charge is 0.0701 e. The van der Waals surface area contributed by atoms with Crippen LogP contribution >= 0.6 is 0 Å². The van der Waals surface area contributed by atoms with E-state index in [1.807, 2.05) is 0 Å². The minimum atomic E-state index is 0.0483. The van der Waals surface area contributed by atoms with Gasteiger partial charge in [0.15, 0.2) is 0 Å². The Balaban J connectivity index is 2.85. The fraction of sp³-hybridized carbons (Fsp3) is 0.909. The average Bonchev–Trinajstić information content (AvgIpc) is 2.35. The van der Waals surface area contributed by atoms with Crippen LogP contribution in [0.2, 0.25) is 0 Å². The molecule has 0 spiro atoms. The highest BCUT2D eigenvalue weighted by Gasteiger charge is 1.91. The Bertz CT molecular complexity index is 123. The Morgan fingerprint density at radius 1 is 0.706 bits per heavy atom. The second kappa shape index (κ2) is 15.8. The van der Waals surface area contributed by atoms with Gasteiger partial charge in [0, 0.05) is 13.6 Å². The molecule has 0 unspecified atom stereocenters. The minimum Gasteiger partial charge on any atom is -0.394 e. The number of rotatable bonds is 14. The maximum absolute atomic E-state index is 8.44. The van der Waals surface area contributed by atoms with Crippen LogP contribution in [0.3, 0.4) is 0 Å². The minimum absolute atomic E-state index is 0.0483. The van der Waals surface area contributed by atoms with E-state index in [1.54, 1.807) is 0 Å². The molecule has 0 aromatic rings. The highest BCUT2D eigenvalue weighted by atomic mass is 16.6. The summed E-state index contributed by atoms with van der Waals surface area (Å²) in [6, 6.07) is 0. The van der Waals surface area contributed by atoms with Crippen molar-refractivity contribution in [3.8, 4) is 0 Å². The van der Waals surface area contributed by atoms with E-state index in [0.717, 1.165) is 6.54 Å². The largest absolute Gasteiger partial charge is 0.394 e. The molecule has 17 heavy (non-hydrogen) atoms. The van der Waals surface area contributed by atoms with Gasteiger partial charge in [-0.15, -0.1) is 0 Å². The van der Waals surface area contributed by atoms with Crippen LogP contribution in [0.25, 0.3) is 0 Å². The lowest BCUT2D eigenvalue weighted by Crippen LogP contribution is -2.16. The Morgan fingerprint density at radius 3 is 1.53 bits per heavy atom. The first-order valence-electron chi connectivity index (χ1n) is 5.83. The van der Waals surface area contributed by atoms with Crippen LogP contribution in [0, 0.1) is 7.05 Å². The van der Waals surface area contributed by atoms with Crippen molar-refractivity contribution < 1.29 is 24.1 Å². The Labute approximate surface area is 103 Å². The fourth-order valence-corrected chi connectivity index (χ4v) is 0.971. The lowest BCUT2D eigenvalue weighted by molar-refractivity contribution is -0.00506. The van der Waals surface area contributed by atoms with Gasteiger partial charge in [0.2, 0.25) is 0 Å². The Morgan fingerprint density at radius 2 is 1.12 bits per heavy atom. The molecule has 6 nitrogen and oxygen atoms in total. The van der Waals surface area contributed by atoms with Crippen LogP contribution in [0.15, 0.2) is 0 Å². The first-order valence-corrected chi connectivity index (χ1v) is 5.83. The van der Waals surface area contributed by atoms with Gasteiger partial charge in [-0.3, -0.25) is 0 Å². The molecule has 2 N–H and O–H groups in total. The van der Waals surface area contributed by atoms with Gasteiger partial charge in [-0.1, -0.05) is 0 Å². The average molecular weight is 250 g/mol. The second-order valence-electron chi connectivity index (χ2n) is 3.17. The molecule has 0 fully saturated rings. The summed E-state index contributed by atoms with van der Waals surface area (Å²) < 4.78 is 20.8.